The highest BCUT2D eigenvalue weighted by Gasteiger charge is 2.32. The summed E-state index contributed by atoms with van der Waals surface area (Å²) in [4.78, 5) is 0. The maximum atomic E-state index is 10.1. The van der Waals surface area contributed by atoms with E-state index in [0.717, 1.165) is 25.7 Å². The van der Waals surface area contributed by atoms with Crippen LogP contribution in [0.1, 0.15) is 114 Å². The molecule has 0 fully saturated rings. The van der Waals surface area contributed by atoms with Crippen molar-refractivity contribution in [3.8, 4) is 0 Å². The van der Waals surface area contributed by atoms with Crippen molar-refractivity contribution in [2.24, 2.45) is 10.8 Å². The van der Waals surface area contributed by atoms with Crippen molar-refractivity contribution in [1.29, 1.82) is 0 Å². The highest BCUT2D eigenvalue weighted by Crippen LogP contribution is 2.43. The van der Waals surface area contributed by atoms with Crippen molar-refractivity contribution in [2.75, 3.05) is 0 Å². The van der Waals surface area contributed by atoms with Gasteiger partial charge in [-0.3, -0.25) is 0 Å². The number of hydrogen-bond acceptors (Lipinski definition) is 1. The topological polar surface area (TPSA) is 20.2 Å². The predicted molar refractivity (Wildman–Crippen MR) is 183 cm³/mol. The lowest BCUT2D eigenvalue weighted by molar-refractivity contribution is 0.113. The summed E-state index contributed by atoms with van der Waals surface area (Å²) < 4.78 is 0. The highest BCUT2D eigenvalue weighted by molar-refractivity contribution is 5.37. The number of aliphatic hydroxyl groups is 1. The molecule has 0 radical (unpaired) electrons. The monoisotopic (exact) mass is 554 g/mol. The lowest BCUT2D eigenvalue weighted by Gasteiger charge is -2.37. The molecule has 1 nitrogen and oxygen atoms in total. The second-order valence-corrected chi connectivity index (χ2v) is 13.8. The molecule has 0 heterocycles. The van der Waals surface area contributed by atoms with Gasteiger partial charge in [0.15, 0.2) is 0 Å². The first-order valence-corrected chi connectivity index (χ1v) is 15.7. The Morgan fingerprint density at radius 2 is 1.32 bits per heavy atom. The zero-order chi connectivity index (χ0) is 30.6. The van der Waals surface area contributed by atoms with Crippen LogP contribution in [0.4, 0.5) is 0 Å². The summed E-state index contributed by atoms with van der Waals surface area (Å²) in [6.45, 7) is 22.4. The van der Waals surface area contributed by atoms with E-state index in [-0.39, 0.29) is 16.9 Å². The first kappa shape index (κ1) is 34.6. The zero-order valence-corrected chi connectivity index (χ0v) is 27.9. The second-order valence-electron chi connectivity index (χ2n) is 13.8. The van der Waals surface area contributed by atoms with Crippen LogP contribution in [0.5, 0.6) is 0 Å². The number of rotatable bonds is 11. The summed E-state index contributed by atoms with van der Waals surface area (Å²) in [7, 11) is 0. The first-order valence-electron chi connectivity index (χ1n) is 15.7. The Bertz CT molecular complexity index is 1210. The molecular weight excluding hydrogens is 496 g/mol. The van der Waals surface area contributed by atoms with Gasteiger partial charge in [0.05, 0.1) is 6.10 Å². The molecule has 224 valence electrons. The van der Waals surface area contributed by atoms with E-state index in [0.29, 0.717) is 0 Å². The molecule has 0 unspecified atom stereocenters. The Kier molecular flexibility index (Phi) is 13.6. The molecule has 2 rings (SSSR count). The molecule has 1 heteroatoms. The molecule has 0 saturated heterocycles. The van der Waals surface area contributed by atoms with Gasteiger partial charge in [-0.25, -0.2) is 0 Å². The van der Waals surface area contributed by atoms with E-state index < -0.39 is 0 Å². The molecule has 0 aromatic heterocycles. The van der Waals surface area contributed by atoms with Crippen LogP contribution in [0.3, 0.4) is 0 Å². The fourth-order valence-corrected chi connectivity index (χ4v) is 6.32. The Morgan fingerprint density at radius 3 is 1.90 bits per heavy atom. The van der Waals surface area contributed by atoms with Gasteiger partial charge >= 0.3 is 0 Å². The summed E-state index contributed by atoms with van der Waals surface area (Å²) in [5.74, 6) is 0. The Labute approximate surface area is 253 Å². The molecule has 0 aromatic carbocycles. The SMILES string of the molecule is CC1=C(/C=C/C(C)=C/C=C/C(C)=C/C=C/C=C(C)/C=C/C=C(\C)CCC2=C(C)C[C@@H](O)CC2(C)C)C(C)(C)CCC1. The van der Waals surface area contributed by atoms with E-state index in [9.17, 15) is 5.11 Å². The summed E-state index contributed by atoms with van der Waals surface area (Å²) >= 11 is 0. The van der Waals surface area contributed by atoms with Gasteiger partial charge in [-0.1, -0.05) is 140 Å². The fourth-order valence-electron chi connectivity index (χ4n) is 6.32. The predicted octanol–water partition coefficient (Wildman–Crippen LogP) is 11.8. The van der Waals surface area contributed by atoms with Crippen LogP contribution in [-0.4, -0.2) is 11.2 Å². The van der Waals surface area contributed by atoms with Crippen LogP contribution in [0.2, 0.25) is 0 Å². The van der Waals surface area contributed by atoms with E-state index in [1.54, 1.807) is 5.57 Å². The molecular formula is C40H58O. The molecule has 1 N–H and O–H groups in total. The van der Waals surface area contributed by atoms with Crippen LogP contribution in [0.15, 0.2) is 117 Å². The molecule has 41 heavy (non-hydrogen) atoms. The molecule has 0 aliphatic heterocycles. The lowest BCUT2D eigenvalue weighted by Crippen LogP contribution is -2.29. The van der Waals surface area contributed by atoms with Gasteiger partial charge in [0.2, 0.25) is 0 Å². The molecule has 2 aliphatic carbocycles. The van der Waals surface area contributed by atoms with Gasteiger partial charge in [0.25, 0.3) is 0 Å². The normalized spacial score (nSPS) is 23.3. The Hall–Kier alpha value is -2.64. The minimum absolute atomic E-state index is 0.0996. The van der Waals surface area contributed by atoms with Crippen molar-refractivity contribution >= 4 is 0 Å². The maximum Gasteiger partial charge on any atom is 0.0585 e. The summed E-state index contributed by atoms with van der Waals surface area (Å²) in [5, 5.41) is 10.1. The van der Waals surface area contributed by atoms with Gasteiger partial charge < -0.3 is 5.11 Å². The number of allylic oxidation sites excluding steroid dienone is 19. The van der Waals surface area contributed by atoms with Crippen LogP contribution in [-0.2, 0) is 0 Å². The quantitative estimate of drug-likeness (QED) is 0.199. The molecule has 0 spiro atoms. The third-order valence-corrected chi connectivity index (χ3v) is 8.73. The molecule has 1 atom stereocenters. The van der Waals surface area contributed by atoms with Crippen LogP contribution >= 0.6 is 0 Å². The van der Waals surface area contributed by atoms with Crippen molar-refractivity contribution in [1.82, 2.24) is 0 Å². The average Bonchev–Trinajstić information content (AvgIpc) is 2.84. The molecule has 2 aliphatic rings. The summed E-state index contributed by atoms with van der Waals surface area (Å²) in [5.41, 5.74) is 11.5. The smallest absolute Gasteiger partial charge is 0.0585 e. The van der Waals surface area contributed by atoms with Gasteiger partial charge in [0.1, 0.15) is 0 Å². The Morgan fingerprint density at radius 1 is 0.756 bits per heavy atom. The summed E-state index contributed by atoms with van der Waals surface area (Å²) in [6, 6.07) is 0. The van der Waals surface area contributed by atoms with Crippen LogP contribution < -0.4 is 0 Å². The van der Waals surface area contributed by atoms with Gasteiger partial charge in [-0.05, 0) is 103 Å². The fraction of sp³-hybridized carbons (Fsp3) is 0.500. The molecule has 0 bridgehead atoms. The standard InChI is InChI=1S/C40H58O/c1-30(18-13-20-32(3)23-25-37-34(5)22-15-27-39(37,7)8)16-11-12-17-31(2)19-14-21-33(4)24-26-38-35(6)28-36(41)29-40(38,9)10/h11-14,16-21,23,25,36,41H,15,22,24,26-29H2,1-10H3/b12-11+,18-13+,19-14+,25-23+,30-16+,31-17+,32-20+,33-21+/t36-/m1/s1. The van der Waals surface area contributed by atoms with E-state index in [2.05, 4.69) is 142 Å². The Balaban J connectivity index is 1.85. The van der Waals surface area contributed by atoms with Gasteiger partial charge in [0, 0.05) is 0 Å². The van der Waals surface area contributed by atoms with Crippen molar-refractivity contribution in [3.63, 3.8) is 0 Å². The van der Waals surface area contributed by atoms with Gasteiger partial charge in [-0.2, -0.15) is 0 Å². The van der Waals surface area contributed by atoms with Crippen LogP contribution in [0.25, 0.3) is 0 Å². The lowest BCUT2D eigenvalue weighted by atomic mass is 9.70. The third kappa shape index (κ3) is 12.0. The number of hydrogen-bond donors (Lipinski definition) is 1. The second kappa shape index (κ2) is 16.1. The third-order valence-electron chi connectivity index (χ3n) is 8.73. The molecule has 0 amide bonds. The van der Waals surface area contributed by atoms with E-state index in [1.807, 2.05) is 0 Å². The average molecular weight is 555 g/mol. The minimum atomic E-state index is -0.187. The van der Waals surface area contributed by atoms with E-state index in [4.69, 9.17) is 0 Å². The van der Waals surface area contributed by atoms with E-state index in [1.165, 1.54) is 58.3 Å². The molecule has 0 saturated carbocycles. The van der Waals surface area contributed by atoms with Gasteiger partial charge in [-0.15, -0.1) is 0 Å². The maximum absolute atomic E-state index is 10.1. The van der Waals surface area contributed by atoms with Crippen molar-refractivity contribution in [2.45, 2.75) is 120 Å². The zero-order valence-electron chi connectivity index (χ0n) is 27.9. The summed E-state index contributed by atoms with van der Waals surface area (Å²) in [6.07, 6.45) is 33.6. The number of aliphatic hydroxyl groups excluding tert-OH is 1. The van der Waals surface area contributed by atoms with Crippen molar-refractivity contribution in [3.05, 3.63) is 117 Å². The highest BCUT2D eigenvalue weighted by atomic mass is 16.3. The largest absolute Gasteiger partial charge is 0.393 e. The minimum Gasteiger partial charge on any atom is -0.393 e. The van der Waals surface area contributed by atoms with E-state index >= 15 is 0 Å². The first-order chi connectivity index (χ1) is 19.2. The molecule has 0 aromatic rings. The van der Waals surface area contributed by atoms with Crippen molar-refractivity contribution < 1.29 is 5.11 Å². The van der Waals surface area contributed by atoms with Crippen LogP contribution in [0, 0.1) is 10.8 Å².